The van der Waals surface area contributed by atoms with Crippen LogP contribution in [0.2, 0.25) is 0 Å². The molecule has 0 aliphatic heterocycles. The van der Waals surface area contributed by atoms with Crippen LogP contribution < -0.4 is 9.79 Å². The van der Waals surface area contributed by atoms with Crippen molar-refractivity contribution >= 4 is 65.0 Å². The third kappa shape index (κ3) is 7.32. The van der Waals surface area contributed by atoms with Crippen molar-refractivity contribution in [1.82, 2.24) is 0 Å². The van der Waals surface area contributed by atoms with Crippen molar-refractivity contribution in [2.45, 2.75) is 6.61 Å². The molecule has 1 N–H and O–H groups in total. The van der Waals surface area contributed by atoms with Crippen LogP contribution in [0.3, 0.4) is 0 Å². The maximum atomic E-state index is 9.29. The summed E-state index contributed by atoms with van der Waals surface area (Å²) in [5.41, 5.74) is 0.994. The van der Waals surface area contributed by atoms with Gasteiger partial charge in [-0.3, -0.25) is 4.31 Å². The molecule has 0 bridgehead atoms. The second kappa shape index (κ2) is 10.9. The van der Waals surface area contributed by atoms with Crippen molar-refractivity contribution < 1.29 is 28.3 Å². The van der Waals surface area contributed by atoms with Gasteiger partial charge in [-0.15, -0.1) is 0 Å². The quantitative estimate of drug-likeness (QED) is 0.641. The average Bonchev–Trinajstić information content (AvgIpc) is 2.37. The molecule has 0 spiro atoms. The topological polar surface area (TPSA) is 110 Å². The van der Waals surface area contributed by atoms with Crippen LogP contribution in [0.5, 0.6) is 0 Å². The van der Waals surface area contributed by atoms with Crippen LogP contribution in [-0.4, -0.2) is 42.8 Å². The third-order valence-corrected chi connectivity index (χ3v) is 3.55. The Morgan fingerprint density at radius 2 is 1.55 bits per heavy atom. The van der Waals surface area contributed by atoms with Crippen molar-refractivity contribution in [2.24, 2.45) is 0 Å². The van der Waals surface area contributed by atoms with E-state index in [1.54, 1.807) is 0 Å². The van der Waals surface area contributed by atoms with Gasteiger partial charge in [-0.05, 0) is 16.3 Å². The van der Waals surface area contributed by atoms with Crippen LogP contribution >= 0.6 is 16.5 Å². The fourth-order valence-electron chi connectivity index (χ4n) is 1.50. The van der Waals surface area contributed by atoms with E-state index in [0.717, 1.165) is 10.9 Å². The molecule has 9 heteroatoms. The van der Waals surface area contributed by atoms with Gasteiger partial charge < -0.3 is 24.0 Å². The molecule has 6 nitrogen and oxygen atoms in total. The number of fused-ring (bicyclic) bond motifs is 1. The smallest absolute Gasteiger partial charge is 0.781 e. The van der Waals surface area contributed by atoms with Crippen LogP contribution in [0, 0.1) is 0 Å². The van der Waals surface area contributed by atoms with Crippen LogP contribution in [0.25, 0.3) is 10.8 Å². The number of hydrogen-bond donors (Lipinski definition) is 1. The Morgan fingerprint density at radius 3 is 2.05 bits per heavy atom. The van der Waals surface area contributed by atoms with Gasteiger partial charge in [-0.1, -0.05) is 42.5 Å². The Labute approximate surface area is 147 Å². The van der Waals surface area contributed by atoms with E-state index in [-0.39, 0.29) is 44.3 Å². The van der Waals surface area contributed by atoms with Crippen molar-refractivity contribution in [3.05, 3.63) is 48.0 Å². The summed E-state index contributed by atoms with van der Waals surface area (Å²) in [6.45, 7) is 0.112. The fraction of sp³-hybridized carbons (Fsp3) is 0.0909. The summed E-state index contributed by atoms with van der Waals surface area (Å²) in [4.78, 5) is 18.6. The molecule has 2 aromatic rings. The van der Waals surface area contributed by atoms with Gasteiger partial charge in [-0.25, -0.2) is 0 Å². The summed E-state index contributed by atoms with van der Waals surface area (Å²) in [5, 5.41) is 11.4. The van der Waals surface area contributed by atoms with Gasteiger partial charge in [0.2, 0.25) is 0 Å². The zero-order valence-corrected chi connectivity index (χ0v) is 14.7. The maximum Gasteiger partial charge on any atom is 2.00 e. The summed E-state index contributed by atoms with van der Waals surface area (Å²) in [6.07, 6.45) is 0. The molecule has 0 aliphatic rings. The molecule has 0 amide bonds. The number of aliphatic hydroxyl groups is 1. The standard InChI is InChI=1S/C11H10O.Ca.H4O5P2/c12-8-10-6-3-5-9-4-1-2-7-11(9)10;;1-6(2)5-7(3)4/h1-7,12H,8H2;;6-7H,(H,1,2)(H,3,4)/q;+2;/p-2. The molecule has 0 heterocycles. The van der Waals surface area contributed by atoms with Gasteiger partial charge in [0.15, 0.2) is 0 Å². The Bertz CT molecular complexity index is 575. The minimum Gasteiger partial charge on any atom is -0.781 e. The van der Waals surface area contributed by atoms with E-state index in [2.05, 4.69) is 16.4 Å². The molecule has 0 saturated carbocycles. The van der Waals surface area contributed by atoms with E-state index >= 15 is 0 Å². The predicted octanol–water partition coefficient (Wildman–Crippen LogP) is 0.454. The van der Waals surface area contributed by atoms with Gasteiger partial charge in [0.05, 0.1) is 6.61 Å². The molecule has 0 aliphatic carbocycles. The van der Waals surface area contributed by atoms with E-state index in [9.17, 15) is 18.9 Å². The first-order chi connectivity index (χ1) is 9.04. The Balaban J connectivity index is 0.000000396. The number of rotatable bonds is 3. The van der Waals surface area contributed by atoms with Gasteiger partial charge >= 0.3 is 37.7 Å². The molecule has 20 heavy (non-hydrogen) atoms. The number of benzene rings is 2. The van der Waals surface area contributed by atoms with Crippen LogP contribution in [-0.2, 0) is 20.0 Å². The average molecular weight is 342 g/mol. The van der Waals surface area contributed by atoms with Crippen molar-refractivity contribution in [3.63, 3.8) is 0 Å². The summed E-state index contributed by atoms with van der Waals surface area (Å²) in [5.74, 6) is 0. The summed E-state index contributed by atoms with van der Waals surface area (Å²) < 4.78 is 21.8. The van der Waals surface area contributed by atoms with Crippen LogP contribution in [0.1, 0.15) is 5.56 Å². The molecule has 104 valence electrons. The predicted molar refractivity (Wildman–Crippen MR) is 74.7 cm³/mol. The molecule has 0 fully saturated rings. The molecule has 0 radical (unpaired) electrons. The van der Waals surface area contributed by atoms with E-state index < -0.39 is 16.5 Å². The van der Waals surface area contributed by atoms with Crippen LogP contribution in [0.4, 0.5) is 0 Å². The summed E-state index contributed by atoms with van der Waals surface area (Å²) in [7, 11) is -7.03. The second-order valence-electron chi connectivity index (χ2n) is 3.40. The summed E-state index contributed by atoms with van der Waals surface area (Å²) in [6, 6.07) is 14.0. The van der Waals surface area contributed by atoms with E-state index in [0.29, 0.717) is 0 Å². The van der Waals surface area contributed by atoms with Gasteiger partial charge in [0, 0.05) is 0 Å². The first kappa shape index (κ1) is 20.3. The van der Waals surface area contributed by atoms with E-state index in [1.165, 1.54) is 5.39 Å². The first-order valence-electron chi connectivity index (χ1n) is 5.22. The van der Waals surface area contributed by atoms with E-state index in [4.69, 9.17) is 5.11 Å². The largest absolute Gasteiger partial charge is 2.00 e. The normalized spacial score (nSPS) is 12.8. The zero-order chi connectivity index (χ0) is 14.3. The van der Waals surface area contributed by atoms with Gasteiger partial charge in [-0.2, -0.15) is 0 Å². The molecular formula is C11H12CaO6P2. The molecule has 0 aromatic heterocycles. The third-order valence-electron chi connectivity index (χ3n) is 2.22. The van der Waals surface area contributed by atoms with Crippen LogP contribution in [0.15, 0.2) is 42.5 Å². The van der Waals surface area contributed by atoms with E-state index in [1.807, 2.05) is 30.3 Å². The Kier molecular flexibility index (Phi) is 11.1. The molecular weight excluding hydrogens is 330 g/mol. The molecule has 2 atom stereocenters. The van der Waals surface area contributed by atoms with Crippen molar-refractivity contribution in [1.29, 1.82) is 0 Å². The minimum atomic E-state index is -3.51. The van der Waals surface area contributed by atoms with Crippen molar-refractivity contribution in [3.8, 4) is 0 Å². The second-order valence-corrected chi connectivity index (χ2v) is 5.21. The molecule has 2 aromatic carbocycles. The minimum absolute atomic E-state index is 0. The zero-order valence-electron chi connectivity index (χ0n) is 10.4. The molecule has 2 unspecified atom stereocenters. The maximum absolute atomic E-state index is 9.29. The fourth-order valence-corrected chi connectivity index (χ4v) is 2.04. The van der Waals surface area contributed by atoms with Crippen molar-refractivity contribution in [2.75, 3.05) is 0 Å². The Hall–Kier alpha value is 0.260. The Morgan fingerprint density at radius 1 is 1.00 bits per heavy atom. The van der Waals surface area contributed by atoms with Gasteiger partial charge in [0.25, 0.3) is 0 Å². The number of aliphatic hydroxyl groups excluding tert-OH is 1. The monoisotopic (exact) mass is 342 g/mol. The SMILES string of the molecule is O=[PH]([O-])O[PH](=O)[O-].OCc1cccc2ccccc12.[Ca+2]. The first-order valence-corrected chi connectivity index (χ1v) is 7.67. The molecule has 2 rings (SSSR count). The van der Waals surface area contributed by atoms with Gasteiger partial charge in [0.1, 0.15) is 16.5 Å². The molecule has 0 saturated heterocycles. The number of hydrogen-bond acceptors (Lipinski definition) is 6. The summed E-state index contributed by atoms with van der Waals surface area (Å²) >= 11 is 0.